The van der Waals surface area contributed by atoms with Crippen LogP contribution in [0.25, 0.3) is 0 Å². The van der Waals surface area contributed by atoms with Gasteiger partial charge in [-0.3, -0.25) is 19.3 Å². The van der Waals surface area contributed by atoms with Crippen LogP contribution in [0.5, 0.6) is 0 Å². The van der Waals surface area contributed by atoms with Crippen molar-refractivity contribution in [2.75, 3.05) is 18.1 Å². The Morgan fingerprint density at radius 1 is 1.21 bits per heavy atom. The quantitative estimate of drug-likeness (QED) is 0.728. The van der Waals surface area contributed by atoms with Gasteiger partial charge in [-0.2, -0.15) is 0 Å². The molecule has 8 heteroatoms. The van der Waals surface area contributed by atoms with E-state index in [0.29, 0.717) is 6.42 Å². The first-order valence-electron chi connectivity index (χ1n) is 8.57. The summed E-state index contributed by atoms with van der Waals surface area (Å²) in [6, 6.07) is 0. The lowest BCUT2D eigenvalue weighted by molar-refractivity contribution is -0.140. The number of amides is 3. The zero-order valence-corrected chi connectivity index (χ0v) is 14.7. The van der Waals surface area contributed by atoms with Crippen LogP contribution in [-0.4, -0.2) is 54.6 Å². The molecule has 7 nitrogen and oxygen atoms in total. The smallest absolute Gasteiger partial charge is 0.233 e. The van der Waals surface area contributed by atoms with Crippen LogP contribution in [-0.2, 0) is 24.2 Å². The second kappa shape index (κ2) is 6.13. The van der Waals surface area contributed by atoms with Crippen LogP contribution >= 0.6 is 0 Å². The Morgan fingerprint density at radius 2 is 1.79 bits per heavy atom. The number of nitrogens with zero attached hydrogens (tertiary/aromatic N) is 1. The minimum absolute atomic E-state index is 0.0204. The number of sulfone groups is 1. The Balaban J connectivity index is 1.55. The Bertz CT molecular complexity index is 650. The molecule has 0 aromatic rings. The van der Waals surface area contributed by atoms with E-state index in [1.54, 1.807) is 6.92 Å². The Morgan fingerprint density at radius 3 is 2.29 bits per heavy atom. The Hall–Kier alpha value is -1.44. The second-order valence-corrected chi connectivity index (χ2v) is 9.71. The van der Waals surface area contributed by atoms with Gasteiger partial charge in [-0.05, 0) is 26.2 Å². The molecule has 3 atom stereocenters. The van der Waals surface area contributed by atoms with Crippen molar-refractivity contribution in [3.05, 3.63) is 0 Å². The first kappa shape index (κ1) is 17.4. The van der Waals surface area contributed by atoms with Gasteiger partial charge in [-0.25, -0.2) is 8.42 Å². The normalized spacial score (nSPS) is 35.1. The molecule has 1 aliphatic carbocycles. The van der Waals surface area contributed by atoms with Gasteiger partial charge in [0.15, 0.2) is 9.84 Å². The molecule has 0 spiro atoms. The highest BCUT2D eigenvalue weighted by molar-refractivity contribution is 7.91. The van der Waals surface area contributed by atoms with Gasteiger partial charge >= 0.3 is 0 Å². The fourth-order valence-corrected chi connectivity index (χ4v) is 6.27. The molecule has 1 N–H and O–H groups in total. The lowest BCUT2D eigenvalue weighted by atomic mass is 9.81. The van der Waals surface area contributed by atoms with Gasteiger partial charge < -0.3 is 5.32 Å². The molecule has 0 aromatic heterocycles. The molecule has 0 aromatic carbocycles. The molecule has 0 unspecified atom stereocenters. The van der Waals surface area contributed by atoms with E-state index in [-0.39, 0.29) is 54.0 Å². The molecular formula is C16H24N2O5S. The highest BCUT2D eigenvalue weighted by atomic mass is 32.2. The fourth-order valence-electron chi connectivity index (χ4n) is 4.17. The van der Waals surface area contributed by atoms with E-state index in [1.165, 1.54) is 4.90 Å². The predicted molar refractivity (Wildman–Crippen MR) is 86.6 cm³/mol. The third-order valence-corrected chi connectivity index (χ3v) is 7.34. The SMILES string of the molecule is C[C@]1(NC(=O)CCN2C(=O)[C@H]3CCCC[C@@H]3C2=O)CCS(=O)(=O)C1. The van der Waals surface area contributed by atoms with Crippen LogP contribution in [0, 0.1) is 11.8 Å². The summed E-state index contributed by atoms with van der Waals surface area (Å²) in [5.74, 6) is -0.990. The van der Waals surface area contributed by atoms with E-state index in [1.807, 2.05) is 0 Å². The fraction of sp³-hybridized carbons (Fsp3) is 0.812. The number of carbonyl (C=O) groups excluding carboxylic acids is 3. The number of hydrogen-bond donors (Lipinski definition) is 1. The molecule has 134 valence electrons. The minimum atomic E-state index is -3.10. The maximum absolute atomic E-state index is 12.3. The lowest BCUT2D eigenvalue weighted by Crippen LogP contribution is -2.48. The molecule has 2 heterocycles. The van der Waals surface area contributed by atoms with Crippen LogP contribution < -0.4 is 5.32 Å². The van der Waals surface area contributed by atoms with Crippen LogP contribution in [0.2, 0.25) is 0 Å². The Kier molecular flexibility index (Phi) is 4.44. The number of rotatable bonds is 4. The topological polar surface area (TPSA) is 101 Å². The molecule has 2 aliphatic heterocycles. The maximum Gasteiger partial charge on any atom is 0.233 e. The molecule has 24 heavy (non-hydrogen) atoms. The highest BCUT2D eigenvalue weighted by Crippen LogP contribution is 2.38. The monoisotopic (exact) mass is 356 g/mol. The number of hydrogen-bond acceptors (Lipinski definition) is 5. The molecule has 0 bridgehead atoms. The average molecular weight is 356 g/mol. The van der Waals surface area contributed by atoms with Crippen molar-refractivity contribution >= 4 is 27.6 Å². The van der Waals surface area contributed by atoms with Crippen molar-refractivity contribution in [3.8, 4) is 0 Å². The first-order chi connectivity index (χ1) is 11.2. The number of imide groups is 1. The van der Waals surface area contributed by atoms with Gasteiger partial charge in [-0.15, -0.1) is 0 Å². The number of carbonyl (C=O) groups is 3. The van der Waals surface area contributed by atoms with Crippen molar-refractivity contribution < 1.29 is 22.8 Å². The third-order valence-electron chi connectivity index (χ3n) is 5.44. The molecular weight excluding hydrogens is 332 g/mol. The molecule has 3 aliphatic rings. The van der Waals surface area contributed by atoms with E-state index in [2.05, 4.69) is 5.32 Å². The van der Waals surface area contributed by atoms with Crippen molar-refractivity contribution in [1.82, 2.24) is 10.2 Å². The summed E-state index contributed by atoms with van der Waals surface area (Å²) >= 11 is 0. The Labute approximate surface area is 142 Å². The van der Waals surface area contributed by atoms with Crippen LogP contribution in [0.3, 0.4) is 0 Å². The van der Waals surface area contributed by atoms with Crippen LogP contribution in [0.4, 0.5) is 0 Å². The summed E-state index contributed by atoms with van der Waals surface area (Å²) in [5, 5.41) is 2.76. The predicted octanol–water partition coefficient (Wildman–Crippen LogP) is 0.245. The first-order valence-corrected chi connectivity index (χ1v) is 10.4. The zero-order chi connectivity index (χ0) is 17.5. The number of fused-ring (bicyclic) bond motifs is 1. The average Bonchev–Trinajstić information content (AvgIpc) is 2.92. The molecule has 0 radical (unpaired) electrons. The summed E-state index contributed by atoms with van der Waals surface area (Å²) in [5.41, 5.74) is -0.747. The van der Waals surface area contributed by atoms with Gasteiger partial charge in [0.1, 0.15) is 0 Å². The van der Waals surface area contributed by atoms with E-state index in [4.69, 9.17) is 0 Å². The van der Waals surface area contributed by atoms with Crippen molar-refractivity contribution in [2.45, 2.75) is 51.0 Å². The van der Waals surface area contributed by atoms with E-state index in [0.717, 1.165) is 25.7 Å². The van der Waals surface area contributed by atoms with E-state index in [9.17, 15) is 22.8 Å². The molecule has 3 amide bonds. The minimum Gasteiger partial charge on any atom is -0.350 e. The highest BCUT2D eigenvalue weighted by Gasteiger charge is 2.48. The molecule has 2 saturated heterocycles. The number of nitrogens with one attached hydrogen (secondary N) is 1. The summed E-state index contributed by atoms with van der Waals surface area (Å²) < 4.78 is 23.2. The van der Waals surface area contributed by atoms with Crippen LogP contribution in [0.1, 0.15) is 45.4 Å². The van der Waals surface area contributed by atoms with Crippen molar-refractivity contribution in [2.24, 2.45) is 11.8 Å². The van der Waals surface area contributed by atoms with Crippen LogP contribution in [0.15, 0.2) is 0 Å². The van der Waals surface area contributed by atoms with Gasteiger partial charge in [0, 0.05) is 13.0 Å². The largest absolute Gasteiger partial charge is 0.350 e. The third kappa shape index (κ3) is 3.34. The lowest BCUT2D eigenvalue weighted by Gasteiger charge is -2.24. The zero-order valence-electron chi connectivity index (χ0n) is 13.9. The van der Waals surface area contributed by atoms with Gasteiger partial charge in [-0.1, -0.05) is 12.8 Å². The van der Waals surface area contributed by atoms with Crippen molar-refractivity contribution in [1.29, 1.82) is 0 Å². The summed E-state index contributed by atoms with van der Waals surface area (Å²) in [6.07, 6.45) is 3.88. The standard InChI is InChI=1S/C16H24N2O5S/c1-16(7-9-24(22,23)10-16)17-13(19)6-8-18-14(20)11-4-2-3-5-12(11)15(18)21/h11-12H,2-10H2,1H3,(H,17,19)/t11-,12-,16-/m0/s1. The van der Waals surface area contributed by atoms with Gasteiger partial charge in [0.2, 0.25) is 17.7 Å². The molecule has 3 rings (SSSR count). The van der Waals surface area contributed by atoms with E-state index >= 15 is 0 Å². The van der Waals surface area contributed by atoms with Crippen molar-refractivity contribution in [3.63, 3.8) is 0 Å². The molecule has 1 saturated carbocycles. The molecule has 3 fully saturated rings. The summed E-state index contributed by atoms with van der Waals surface area (Å²) in [7, 11) is -3.10. The van der Waals surface area contributed by atoms with Gasteiger partial charge in [0.05, 0.1) is 28.9 Å². The summed E-state index contributed by atoms with van der Waals surface area (Å²) in [6.45, 7) is 1.80. The number of likely N-dealkylation sites (tertiary alicyclic amines) is 1. The van der Waals surface area contributed by atoms with Gasteiger partial charge in [0.25, 0.3) is 0 Å². The maximum atomic E-state index is 12.3. The second-order valence-electron chi connectivity index (χ2n) is 7.53. The summed E-state index contributed by atoms with van der Waals surface area (Å²) in [4.78, 5) is 38.1. The van der Waals surface area contributed by atoms with E-state index < -0.39 is 15.4 Å².